The Hall–Kier alpha value is -3.51. The van der Waals surface area contributed by atoms with Gasteiger partial charge in [-0.2, -0.15) is 0 Å². The van der Waals surface area contributed by atoms with Crippen LogP contribution in [0, 0.1) is 5.92 Å². The van der Waals surface area contributed by atoms with Gasteiger partial charge < -0.3 is 34.7 Å². The van der Waals surface area contributed by atoms with Crippen LogP contribution in [0.5, 0.6) is 5.06 Å². The van der Waals surface area contributed by atoms with E-state index in [1.54, 1.807) is 5.51 Å². The largest absolute Gasteiger partial charge is 0.443 e. The molecule has 3 unspecified atom stereocenters. The van der Waals surface area contributed by atoms with Gasteiger partial charge in [-0.15, -0.1) is 0 Å². The highest BCUT2D eigenvalue weighted by atomic mass is 32.1. The average molecular weight is 568 g/mol. The Labute approximate surface area is 236 Å². The van der Waals surface area contributed by atoms with Crippen molar-refractivity contribution in [3.63, 3.8) is 0 Å². The number of hydrogen-bond acceptors (Lipinski definition) is 9. The number of aliphatic hydroxyl groups is 1. The summed E-state index contributed by atoms with van der Waals surface area (Å²) in [6.45, 7) is 0.876. The van der Waals surface area contributed by atoms with Crippen LogP contribution in [0.3, 0.4) is 0 Å². The van der Waals surface area contributed by atoms with Crippen LogP contribution in [0.25, 0.3) is 0 Å². The highest BCUT2D eigenvalue weighted by molar-refractivity contribution is 7.11. The minimum Gasteiger partial charge on any atom is -0.443 e. The van der Waals surface area contributed by atoms with Crippen LogP contribution >= 0.6 is 11.3 Å². The maximum absolute atomic E-state index is 13.0. The van der Waals surface area contributed by atoms with Gasteiger partial charge in [0.25, 0.3) is 0 Å². The molecule has 0 radical (unpaired) electrons. The fraction of sp³-hybridized carbons (Fsp3) is 0.414. The Morgan fingerprint density at radius 3 is 2.42 bits per heavy atom. The van der Waals surface area contributed by atoms with E-state index in [0.717, 1.165) is 17.5 Å². The molecule has 5 rings (SSSR count). The van der Waals surface area contributed by atoms with Crippen LogP contribution < -0.4 is 15.4 Å². The number of hydrogen-bond donors (Lipinski definition) is 3. The van der Waals surface area contributed by atoms with Crippen molar-refractivity contribution in [1.82, 2.24) is 15.6 Å². The lowest BCUT2D eigenvalue weighted by Crippen LogP contribution is -2.49. The molecule has 10 nitrogen and oxygen atoms in total. The summed E-state index contributed by atoms with van der Waals surface area (Å²) in [5, 5.41) is 17.5. The molecule has 3 aromatic rings. The van der Waals surface area contributed by atoms with Crippen molar-refractivity contribution in [2.75, 3.05) is 13.2 Å². The topological polar surface area (TPSA) is 128 Å². The number of aromatic nitrogens is 1. The summed E-state index contributed by atoms with van der Waals surface area (Å²) < 4.78 is 22.2. The number of alkyl carbamates (subject to hydrolysis) is 1. The van der Waals surface area contributed by atoms with E-state index in [2.05, 4.69) is 15.6 Å². The summed E-state index contributed by atoms with van der Waals surface area (Å²) in [6.07, 6.45) is 0.240. The van der Waals surface area contributed by atoms with Crippen molar-refractivity contribution in [3.05, 3.63) is 83.5 Å². The lowest BCUT2D eigenvalue weighted by atomic mass is 9.94. The summed E-state index contributed by atoms with van der Waals surface area (Å²) in [4.78, 5) is 29.6. The number of fused-ring (bicyclic) bond motifs is 1. The predicted octanol–water partition coefficient (Wildman–Crippen LogP) is 3.69. The Morgan fingerprint density at radius 1 is 1.00 bits per heavy atom. The molecule has 11 heteroatoms. The second-order valence-electron chi connectivity index (χ2n) is 9.95. The Bertz CT molecular complexity index is 1210. The molecule has 2 fully saturated rings. The molecule has 0 saturated carbocycles. The molecule has 212 valence electrons. The van der Waals surface area contributed by atoms with Crippen LogP contribution in [-0.4, -0.2) is 66.1 Å². The number of carbonyl (C=O) groups excluding carboxylic acids is 2. The molecular weight excluding hydrogens is 534 g/mol. The van der Waals surface area contributed by atoms with Crippen molar-refractivity contribution in [3.8, 4) is 5.06 Å². The molecule has 2 aromatic carbocycles. The SMILES string of the molecule is O=C(N[C@@H](Cc1ccccc1)[C@@H](O)C[C@H](Cc1ccccc1)NC(=O)OC1COC2OCCC12)Oc1cncs1. The molecule has 0 aliphatic carbocycles. The van der Waals surface area contributed by atoms with Gasteiger partial charge in [0.15, 0.2) is 6.29 Å². The molecule has 2 saturated heterocycles. The maximum atomic E-state index is 13.0. The first kappa shape index (κ1) is 28.0. The van der Waals surface area contributed by atoms with Gasteiger partial charge in [-0.3, -0.25) is 0 Å². The highest BCUT2D eigenvalue weighted by Crippen LogP contribution is 2.33. The van der Waals surface area contributed by atoms with Gasteiger partial charge >= 0.3 is 12.2 Å². The van der Waals surface area contributed by atoms with E-state index in [1.807, 2.05) is 60.7 Å². The first-order chi connectivity index (χ1) is 19.5. The molecule has 2 aliphatic heterocycles. The quantitative estimate of drug-likeness (QED) is 0.320. The number of nitrogens with one attached hydrogen (secondary N) is 2. The standard InChI is InChI=1S/C29H33N3O7S/c33-24(23(14-20-9-5-2-6-10-20)32-29(35)39-26-16-30-18-40-26)15-21(13-19-7-3-1-4-8-19)31-28(34)38-25-17-37-27-22(25)11-12-36-27/h1-10,16,18,21-25,27,33H,11-15,17H2,(H,31,34)(H,32,35)/t21-,22?,23-,24-,25?,27?/m0/s1. The van der Waals surface area contributed by atoms with Crippen LogP contribution in [-0.2, 0) is 27.1 Å². The van der Waals surface area contributed by atoms with E-state index in [-0.39, 0.29) is 24.7 Å². The fourth-order valence-corrected chi connectivity index (χ4v) is 5.58. The number of rotatable bonds is 11. The van der Waals surface area contributed by atoms with E-state index >= 15 is 0 Å². The van der Waals surface area contributed by atoms with Crippen molar-refractivity contribution in [2.24, 2.45) is 5.92 Å². The van der Waals surface area contributed by atoms with Gasteiger partial charge in [0.2, 0.25) is 5.06 Å². The van der Waals surface area contributed by atoms with Gasteiger partial charge in [0.1, 0.15) is 6.10 Å². The Balaban J connectivity index is 1.27. The molecule has 2 amide bonds. The third-order valence-electron chi connectivity index (χ3n) is 7.09. The van der Waals surface area contributed by atoms with Crippen LogP contribution in [0.4, 0.5) is 9.59 Å². The van der Waals surface area contributed by atoms with E-state index in [0.29, 0.717) is 31.1 Å². The van der Waals surface area contributed by atoms with E-state index < -0.39 is 30.4 Å². The predicted molar refractivity (Wildman–Crippen MR) is 147 cm³/mol. The minimum atomic E-state index is -1.01. The van der Waals surface area contributed by atoms with Crippen molar-refractivity contribution < 1.29 is 33.6 Å². The highest BCUT2D eigenvalue weighted by Gasteiger charge is 2.44. The zero-order valence-corrected chi connectivity index (χ0v) is 22.7. The van der Waals surface area contributed by atoms with Crippen LogP contribution in [0.1, 0.15) is 24.0 Å². The van der Waals surface area contributed by atoms with Gasteiger partial charge in [-0.1, -0.05) is 72.0 Å². The summed E-state index contributed by atoms with van der Waals surface area (Å²) in [6, 6.07) is 18.1. The third-order valence-corrected chi connectivity index (χ3v) is 7.73. The first-order valence-corrected chi connectivity index (χ1v) is 14.2. The van der Waals surface area contributed by atoms with Crippen LogP contribution in [0.2, 0.25) is 0 Å². The van der Waals surface area contributed by atoms with Gasteiger partial charge in [-0.05, 0) is 36.8 Å². The average Bonchev–Trinajstić information content (AvgIpc) is 3.70. The monoisotopic (exact) mass is 567 g/mol. The molecule has 1 aromatic heterocycles. The molecule has 6 atom stereocenters. The second kappa shape index (κ2) is 13.7. The lowest BCUT2D eigenvalue weighted by Gasteiger charge is -2.28. The molecule has 3 heterocycles. The lowest BCUT2D eigenvalue weighted by molar-refractivity contribution is -0.0907. The molecular formula is C29H33N3O7S. The van der Waals surface area contributed by atoms with E-state index in [4.69, 9.17) is 18.9 Å². The number of nitrogens with zero attached hydrogens (tertiary/aromatic N) is 1. The molecule has 3 N–H and O–H groups in total. The van der Waals surface area contributed by atoms with Crippen molar-refractivity contribution >= 4 is 23.5 Å². The summed E-state index contributed by atoms with van der Waals surface area (Å²) in [5.74, 6) is 0.0212. The number of thiazole rings is 1. The number of amides is 2. The summed E-state index contributed by atoms with van der Waals surface area (Å²) >= 11 is 1.19. The van der Waals surface area contributed by atoms with Gasteiger partial charge in [0.05, 0.1) is 43.0 Å². The zero-order chi connectivity index (χ0) is 27.7. The Kier molecular flexibility index (Phi) is 9.61. The Morgan fingerprint density at radius 2 is 1.73 bits per heavy atom. The molecule has 40 heavy (non-hydrogen) atoms. The smallest absolute Gasteiger partial charge is 0.413 e. The zero-order valence-electron chi connectivity index (χ0n) is 21.9. The minimum absolute atomic E-state index is 0.0212. The van der Waals surface area contributed by atoms with E-state index in [1.165, 1.54) is 17.5 Å². The first-order valence-electron chi connectivity index (χ1n) is 13.4. The molecule has 2 aliphatic rings. The van der Waals surface area contributed by atoms with Gasteiger partial charge in [-0.25, -0.2) is 14.6 Å². The molecule has 0 bridgehead atoms. The van der Waals surface area contributed by atoms with Crippen molar-refractivity contribution in [2.45, 2.75) is 56.3 Å². The summed E-state index contributed by atoms with van der Waals surface area (Å²) in [5.41, 5.74) is 3.49. The normalized spacial score (nSPS) is 22.1. The second-order valence-corrected chi connectivity index (χ2v) is 10.8. The van der Waals surface area contributed by atoms with Crippen molar-refractivity contribution in [1.29, 1.82) is 0 Å². The molecule has 0 spiro atoms. The number of carbonyl (C=O) groups is 2. The third kappa shape index (κ3) is 7.79. The van der Waals surface area contributed by atoms with Crippen LogP contribution in [0.15, 0.2) is 72.4 Å². The number of aliphatic hydroxyl groups excluding tert-OH is 1. The number of ether oxygens (including phenoxy) is 4. The van der Waals surface area contributed by atoms with Gasteiger partial charge in [0, 0.05) is 6.04 Å². The fourth-order valence-electron chi connectivity index (χ4n) is 5.11. The number of benzene rings is 2. The maximum Gasteiger partial charge on any atom is 0.413 e. The summed E-state index contributed by atoms with van der Waals surface area (Å²) in [7, 11) is 0. The van der Waals surface area contributed by atoms with E-state index in [9.17, 15) is 14.7 Å².